The summed E-state index contributed by atoms with van der Waals surface area (Å²) in [4.78, 5) is 56.0. The predicted molar refractivity (Wildman–Crippen MR) is 125 cm³/mol. The molecule has 1 aliphatic heterocycles. The number of benzene rings is 2. The van der Waals surface area contributed by atoms with Crippen molar-refractivity contribution in [2.24, 2.45) is 0 Å². The van der Waals surface area contributed by atoms with Crippen molar-refractivity contribution in [3.8, 4) is 0 Å². The minimum Gasteiger partial charge on any atom is -0.326 e. The van der Waals surface area contributed by atoms with E-state index in [9.17, 15) is 19.2 Å². The van der Waals surface area contributed by atoms with Crippen LogP contribution in [0.15, 0.2) is 53.3 Å². The van der Waals surface area contributed by atoms with Crippen molar-refractivity contribution in [2.45, 2.75) is 19.3 Å². The van der Waals surface area contributed by atoms with Crippen LogP contribution >= 0.6 is 11.6 Å². The Kier molecular flexibility index (Phi) is 6.09. The Bertz CT molecular complexity index is 1300. The molecule has 1 aliphatic rings. The molecule has 5 N–H and O–H groups in total. The van der Waals surface area contributed by atoms with Crippen LogP contribution in [-0.2, 0) is 14.4 Å². The van der Waals surface area contributed by atoms with E-state index in [4.69, 9.17) is 11.6 Å². The summed E-state index contributed by atoms with van der Waals surface area (Å²) in [6.45, 7) is 1.39. The molecule has 11 heteroatoms. The number of hydrogen-bond acceptors (Lipinski definition) is 6. The Balaban J connectivity index is 1.57. The van der Waals surface area contributed by atoms with Crippen molar-refractivity contribution in [3.05, 3.63) is 69.5 Å². The van der Waals surface area contributed by atoms with Crippen LogP contribution in [0.5, 0.6) is 0 Å². The van der Waals surface area contributed by atoms with E-state index in [1.807, 2.05) is 0 Å². The molecule has 0 fully saturated rings. The number of halogens is 1. The predicted octanol–water partition coefficient (Wildman–Crippen LogP) is 3.19. The van der Waals surface area contributed by atoms with Gasteiger partial charge in [-0.1, -0.05) is 17.7 Å². The molecule has 10 nitrogen and oxygen atoms in total. The third-order valence-electron chi connectivity index (χ3n) is 4.83. The van der Waals surface area contributed by atoms with E-state index in [2.05, 4.69) is 31.2 Å². The molecule has 0 saturated carbocycles. The fraction of sp³-hybridized carbons (Fsp3) is 0.136. The molecular formula is C22H19ClN6O4. The monoisotopic (exact) mass is 466 g/mol. The largest absolute Gasteiger partial charge is 0.326 e. The third kappa shape index (κ3) is 5.18. The first-order chi connectivity index (χ1) is 15.8. The summed E-state index contributed by atoms with van der Waals surface area (Å²) in [7, 11) is 0. The van der Waals surface area contributed by atoms with Crippen molar-refractivity contribution in [1.29, 1.82) is 0 Å². The molecule has 1 atom stereocenters. The van der Waals surface area contributed by atoms with Gasteiger partial charge in [0.25, 0.3) is 5.56 Å². The van der Waals surface area contributed by atoms with E-state index < -0.39 is 23.3 Å². The average Bonchev–Trinajstić information content (AvgIpc) is 2.74. The number of carbonyl (C=O) groups is 3. The molecule has 3 aromatic rings. The number of fused-ring (bicyclic) bond motifs is 1. The Morgan fingerprint density at radius 1 is 1.03 bits per heavy atom. The highest BCUT2D eigenvalue weighted by Gasteiger charge is 2.34. The molecule has 2 aromatic carbocycles. The molecule has 168 valence electrons. The molecule has 0 unspecified atom stereocenters. The van der Waals surface area contributed by atoms with Gasteiger partial charge >= 0.3 is 0 Å². The topological polar surface area (TPSA) is 145 Å². The van der Waals surface area contributed by atoms with Crippen molar-refractivity contribution in [2.75, 3.05) is 21.3 Å². The minimum atomic E-state index is -1.03. The van der Waals surface area contributed by atoms with Gasteiger partial charge in [-0.05, 0) is 42.5 Å². The number of anilines is 5. The number of nitrogens with one attached hydrogen (secondary N) is 5. The van der Waals surface area contributed by atoms with Crippen LogP contribution in [0.25, 0.3) is 0 Å². The zero-order valence-electron chi connectivity index (χ0n) is 17.4. The number of aromatic amines is 1. The summed E-state index contributed by atoms with van der Waals surface area (Å²) in [5.41, 5.74) is 1.13. The number of H-pyrrole nitrogens is 1. The van der Waals surface area contributed by atoms with Crippen LogP contribution in [-0.4, -0.2) is 27.7 Å². The first-order valence-corrected chi connectivity index (χ1v) is 10.3. The second-order valence-electron chi connectivity index (χ2n) is 7.36. The van der Waals surface area contributed by atoms with E-state index in [0.29, 0.717) is 22.1 Å². The highest BCUT2D eigenvalue weighted by Crippen LogP contribution is 2.30. The first kappa shape index (κ1) is 22.0. The van der Waals surface area contributed by atoms with Gasteiger partial charge in [0.2, 0.25) is 23.7 Å². The number of hydrogen-bond donors (Lipinski definition) is 5. The van der Waals surface area contributed by atoms with Crippen molar-refractivity contribution in [1.82, 2.24) is 9.97 Å². The van der Waals surface area contributed by atoms with E-state index in [-0.39, 0.29) is 29.7 Å². The fourth-order valence-corrected chi connectivity index (χ4v) is 3.62. The number of carbonyl (C=O) groups excluding carboxylic acids is 3. The smallest absolute Gasteiger partial charge is 0.258 e. The molecule has 2 heterocycles. The second kappa shape index (κ2) is 9.13. The fourth-order valence-electron chi connectivity index (χ4n) is 3.43. The van der Waals surface area contributed by atoms with E-state index in [1.54, 1.807) is 48.5 Å². The van der Waals surface area contributed by atoms with Crippen LogP contribution in [0.2, 0.25) is 5.02 Å². The maximum Gasteiger partial charge on any atom is 0.258 e. The molecule has 1 aromatic heterocycles. The maximum absolute atomic E-state index is 12.9. The third-order valence-corrected chi connectivity index (χ3v) is 5.06. The standard InChI is InChI=1S/C22H19ClN6O4/c1-11(30)24-13-5-7-14(8-6-13)25-20(32)16-10-17(31)27-19-18(16)21(33)29-22(28-19)26-15-4-2-3-12(23)9-15/h2-9,16H,10H2,1H3,(H,24,30)(H,25,32)(H3,26,27,28,29,31,33)/t16-/m0/s1. The molecule has 4 rings (SSSR count). The molecule has 0 bridgehead atoms. The molecule has 3 amide bonds. The number of nitrogens with zero attached hydrogens (tertiary/aromatic N) is 1. The lowest BCUT2D eigenvalue weighted by molar-refractivity contribution is -0.123. The van der Waals surface area contributed by atoms with Crippen LogP contribution in [0.3, 0.4) is 0 Å². The van der Waals surface area contributed by atoms with Crippen molar-refractivity contribution < 1.29 is 14.4 Å². The van der Waals surface area contributed by atoms with Crippen LogP contribution in [0.4, 0.5) is 28.8 Å². The van der Waals surface area contributed by atoms with Crippen molar-refractivity contribution in [3.63, 3.8) is 0 Å². The summed E-state index contributed by atoms with van der Waals surface area (Å²) in [6.07, 6.45) is -0.200. The van der Waals surface area contributed by atoms with Crippen LogP contribution in [0.1, 0.15) is 24.8 Å². The van der Waals surface area contributed by atoms with Gasteiger partial charge in [-0.15, -0.1) is 0 Å². The molecule has 0 aliphatic carbocycles. The van der Waals surface area contributed by atoms with Crippen LogP contribution in [0, 0.1) is 0 Å². The summed E-state index contributed by atoms with van der Waals surface area (Å²) in [5, 5.41) is 11.3. The van der Waals surface area contributed by atoms with E-state index in [0.717, 1.165) is 0 Å². The lowest BCUT2D eigenvalue weighted by Gasteiger charge is -2.23. The number of aromatic nitrogens is 2. The quantitative estimate of drug-likeness (QED) is 0.390. The van der Waals surface area contributed by atoms with Gasteiger partial charge in [0.05, 0.1) is 11.5 Å². The zero-order chi connectivity index (χ0) is 23.5. The van der Waals surface area contributed by atoms with Gasteiger partial charge in [-0.3, -0.25) is 24.2 Å². The normalized spacial score (nSPS) is 14.6. The molecule has 0 saturated heterocycles. The lowest BCUT2D eigenvalue weighted by Crippen LogP contribution is -2.36. The van der Waals surface area contributed by atoms with Crippen molar-refractivity contribution >= 4 is 58.2 Å². The summed E-state index contributed by atoms with van der Waals surface area (Å²) in [5.74, 6) is -2.10. The van der Waals surface area contributed by atoms with Crippen LogP contribution < -0.4 is 26.8 Å². The van der Waals surface area contributed by atoms with Gasteiger partial charge in [-0.2, -0.15) is 4.98 Å². The molecule has 33 heavy (non-hydrogen) atoms. The Morgan fingerprint density at radius 2 is 1.73 bits per heavy atom. The molecule has 0 spiro atoms. The second-order valence-corrected chi connectivity index (χ2v) is 7.80. The first-order valence-electron chi connectivity index (χ1n) is 9.93. The zero-order valence-corrected chi connectivity index (χ0v) is 18.1. The Labute approximate surface area is 192 Å². The maximum atomic E-state index is 12.9. The van der Waals surface area contributed by atoms with Gasteiger partial charge < -0.3 is 21.3 Å². The number of amides is 3. The Morgan fingerprint density at radius 3 is 2.39 bits per heavy atom. The van der Waals surface area contributed by atoms with E-state index >= 15 is 0 Å². The minimum absolute atomic E-state index is 0.0145. The summed E-state index contributed by atoms with van der Waals surface area (Å²) >= 11 is 5.98. The van der Waals surface area contributed by atoms with E-state index in [1.165, 1.54) is 6.92 Å². The van der Waals surface area contributed by atoms with Gasteiger partial charge in [0.1, 0.15) is 5.82 Å². The highest BCUT2D eigenvalue weighted by atomic mass is 35.5. The van der Waals surface area contributed by atoms with Gasteiger partial charge in [0, 0.05) is 35.4 Å². The SMILES string of the molecule is CC(=O)Nc1ccc(NC(=O)[C@H]2CC(=O)Nc3nc(Nc4cccc(Cl)c4)[nH]c(=O)c32)cc1. The Hall–Kier alpha value is -4.18. The summed E-state index contributed by atoms with van der Waals surface area (Å²) < 4.78 is 0. The number of rotatable bonds is 5. The summed E-state index contributed by atoms with van der Waals surface area (Å²) in [6, 6.07) is 13.3. The lowest BCUT2D eigenvalue weighted by atomic mass is 9.92. The average molecular weight is 467 g/mol. The van der Waals surface area contributed by atoms with Gasteiger partial charge in [-0.25, -0.2) is 0 Å². The van der Waals surface area contributed by atoms with Gasteiger partial charge in [0.15, 0.2) is 0 Å². The molecular weight excluding hydrogens is 448 g/mol. The highest BCUT2D eigenvalue weighted by molar-refractivity contribution is 6.30. The molecule has 0 radical (unpaired) electrons.